The van der Waals surface area contributed by atoms with Crippen molar-refractivity contribution in [1.82, 2.24) is 5.16 Å². The molecule has 1 N–H and O–H groups in total. The number of piperidine rings is 1. The van der Waals surface area contributed by atoms with Crippen LogP contribution < -0.4 is 4.90 Å². The van der Waals surface area contributed by atoms with Crippen molar-refractivity contribution in [2.75, 3.05) is 11.4 Å². The van der Waals surface area contributed by atoms with E-state index in [0.717, 1.165) is 78.4 Å². The topological polar surface area (TPSA) is 66.6 Å². The second-order valence-corrected chi connectivity index (χ2v) is 10.3. The van der Waals surface area contributed by atoms with Crippen molar-refractivity contribution in [3.05, 3.63) is 75.7 Å². The zero-order valence-corrected chi connectivity index (χ0v) is 22.9. The molecule has 194 valence electrons. The van der Waals surface area contributed by atoms with E-state index >= 15 is 0 Å². The Morgan fingerprint density at radius 1 is 1.25 bits per heavy atom. The van der Waals surface area contributed by atoms with E-state index < -0.39 is 5.97 Å². The number of aryl methyl sites for hydroxylation is 2. The predicted octanol–water partition coefficient (Wildman–Crippen LogP) is 8.15. The van der Waals surface area contributed by atoms with Crippen LogP contribution in [0.15, 0.2) is 52.1 Å². The summed E-state index contributed by atoms with van der Waals surface area (Å²) in [5.74, 6) is 0.505. The molecule has 2 atom stereocenters. The summed E-state index contributed by atoms with van der Waals surface area (Å²) in [6, 6.07) is 5.83. The Morgan fingerprint density at radius 3 is 2.64 bits per heavy atom. The molecule has 1 fully saturated rings. The largest absolute Gasteiger partial charge is 0.478 e. The first kappa shape index (κ1) is 27.8. The minimum Gasteiger partial charge on any atom is -0.478 e. The van der Waals surface area contributed by atoms with Crippen LogP contribution in [0, 0.1) is 0 Å². The van der Waals surface area contributed by atoms with Crippen molar-refractivity contribution in [2.24, 2.45) is 0 Å². The molecule has 1 saturated heterocycles. The number of benzene rings is 1. The van der Waals surface area contributed by atoms with Crippen LogP contribution in [-0.2, 0) is 12.8 Å². The van der Waals surface area contributed by atoms with Gasteiger partial charge in [-0.05, 0) is 87.8 Å². The highest BCUT2D eigenvalue weighted by Crippen LogP contribution is 2.40. The Hall–Kier alpha value is -2.79. The number of aromatic carboxylic acids is 1. The molecular formula is C30H39ClN2O3. The van der Waals surface area contributed by atoms with Crippen molar-refractivity contribution in [1.29, 1.82) is 0 Å². The van der Waals surface area contributed by atoms with Crippen molar-refractivity contribution < 1.29 is 14.4 Å². The van der Waals surface area contributed by atoms with Crippen molar-refractivity contribution >= 4 is 28.8 Å². The number of carbonyl (C=O) groups is 1. The van der Waals surface area contributed by atoms with Crippen LogP contribution in [0.4, 0.5) is 5.69 Å². The fourth-order valence-corrected chi connectivity index (χ4v) is 5.17. The Labute approximate surface area is 220 Å². The fourth-order valence-electron chi connectivity index (χ4n) is 5.10. The molecule has 1 aliphatic rings. The van der Waals surface area contributed by atoms with E-state index in [1.165, 1.54) is 5.56 Å². The lowest BCUT2D eigenvalue weighted by atomic mass is 9.82. The second kappa shape index (κ2) is 13.0. The lowest BCUT2D eigenvalue weighted by Gasteiger charge is -2.40. The maximum absolute atomic E-state index is 11.5. The van der Waals surface area contributed by atoms with Crippen molar-refractivity contribution in [3.63, 3.8) is 0 Å². The number of rotatable bonds is 10. The van der Waals surface area contributed by atoms with Crippen LogP contribution in [0.2, 0.25) is 0 Å². The Morgan fingerprint density at radius 2 is 2.00 bits per heavy atom. The summed E-state index contributed by atoms with van der Waals surface area (Å²) in [4.78, 5) is 13.9. The van der Waals surface area contributed by atoms with Gasteiger partial charge in [0.05, 0.1) is 5.56 Å². The molecule has 36 heavy (non-hydrogen) atoms. The zero-order valence-electron chi connectivity index (χ0n) is 22.2. The van der Waals surface area contributed by atoms with Gasteiger partial charge in [0.15, 0.2) is 0 Å². The van der Waals surface area contributed by atoms with Gasteiger partial charge in [0.2, 0.25) is 0 Å². The standard InChI is InChI=1S/C30H39ClN2O3/c1-6-8-13-27-28(29(32-36-27)20(3)11-9-10-12-21(4)31)24-16-17-33(22(5)18-24)26-15-14-25(30(34)35)19-23(26)7-2/h9-12,14-15,19,22,24H,6-8,13,16-18H2,1-5H3,(H,34,35)/b10-9-,20-11+,21-12+. The molecule has 0 radical (unpaired) electrons. The molecule has 0 bridgehead atoms. The molecule has 0 saturated carbocycles. The molecule has 1 aromatic heterocycles. The maximum atomic E-state index is 11.5. The summed E-state index contributed by atoms with van der Waals surface area (Å²) in [6.45, 7) is 11.4. The molecule has 5 nitrogen and oxygen atoms in total. The van der Waals surface area contributed by atoms with Crippen molar-refractivity contribution in [2.45, 2.75) is 85.1 Å². The lowest BCUT2D eigenvalue weighted by molar-refractivity contribution is 0.0697. The summed E-state index contributed by atoms with van der Waals surface area (Å²) >= 11 is 5.93. The second-order valence-electron chi connectivity index (χ2n) is 9.73. The van der Waals surface area contributed by atoms with Gasteiger partial charge in [-0.3, -0.25) is 0 Å². The summed E-state index contributed by atoms with van der Waals surface area (Å²) in [5.41, 5.74) is 5.89. The SMILES string of the molecule is CCCCc1onc(/C(C)=C/C=C\C=C(/C)Cl)c1C1CCN(c2ccc(C(=O)O)cc2CC)C(C)C1. The molecule has 0 aliphatic carbocycles. The van der Waals surface area contributed by atoms with Crippen LogP contribution in [0.5, 0.6) is 0 Å². The molecule has 0 spiro atoms. The number of allylic oxidation sites excluding steroid dienone is 6. The van der Waals surface area contributed by atoms with E-state index in [4.69, 9.17) is 16.1 Å². The number of aromatic nitrogens is 1. The van der Waals surface area contributed by atoms with Crippen LogP contribution in [0.3, 0.4) is 0 Å². The first-order chi connectivity index (χ1) is 17.3. The van der Waals surface area contributed by atoms with Gasteiger partial charge in [-0.15, -0.1) is 0 Å². The third kappa shape index (κ3) is 6.70. The van der Waals surface area contributed by atoms with E-state index in [-0.39, 0.29) is 0 Å². The summed E-state index contributed by atoms with van der Waals surface area (Å²) < 4.78 is 5.92. The molecular weight excluding hydrogens is 472 g/mol. The molecule has 1 aliphatic heterocycles. The molecule has 2 unspecified atom stereocenters. The van der Waals surface area contributed by atoms with E-state index in [1.807, 2.05) is 37.3 Å². The molecule has 6 heteroatoms. The Bertz CT molecular complexity index is 1140. The Kier molecular flexibility index (Phi) is 10.0. The Balaban J connectivity index is 1.88. The monoisotopic (exact) mass is 510 g/mol. The van der Waals surface area contributed by atoms with Gasteiger partial charge in [-0.25, -0.2) is 4.79 Å². The van der Waals surface area contributed by atoms with Gasteiger partial charge < -0.3 is 14.5 Å². The summed E-state index contributed by atoms with van der Waals surface area (Å²) in [5, 5.41) is 14.7. The van der Waals surface area contributed by atoms with Gasteiger partial charge in [-0.1, -0.05) is 55.3 Å². The van der Waals surface area contributed by atoms with Gasteiger partial charge in [0.25, 0.3) is 0 Å². The minimum absolute atomic E-state index is 0.313. The number of unbranched alkanes of at least 4 members (excludes halogenated alkanes) is 1. The average molecular weight is 511 g/mol. The molecule has 1 aromatic carbocycles. The highest BCUT2D eigenvalue weighted by atomic mass is 35.5. The normalized spacial score (nSPS) is 19.3. The first-order valence-corrected chi connectivity index (χ1v) is 13.4. The average Bonchev–Trinajstić information content (AvgIpc) is 3.28. The number of hydrogen-bond acceptors (Lipinski definition) is 4. The van der Waals surface area contributed by atoms with E-state index in [0.29, 0.717) is 17.5 Å². The van der Waals surface area contributed by atoms with Crippen LogP contribution in [-0.4, -0.2) is 28.8 Å². The van der Waals surface area contributed by atoms with E-state index in [2.05, 4.69) is 43.8 Å². The smallest absolute Gasteiger partial charge is 0.335 e. The number of carboxylic acid groups (broad SMARTS) is 1. The number of carboxylic acids is 1. The van der Waals surface area contributed by atoms with E-state index in [9.17, 15) is 9.90 Å². The zero-order chi connectivity index (χ0) is 26.2. The fraction of sp³-hybridized carbons (Fsp3) is 0.467. The lowest BCUT2D eigenvalue weighted by Crippen LogP contribution is -2.41. The third-order valence-corrected chi connectivity index (χ3v) is 7.14. The number of anilines is 1. The van der Waals surface area contributed by atoms with Gasteiger partial charge in [0, 0.05) is 35.3 Å². The van der Waals surface area contributed by atoms with Crippen LogP contribution in [0.1, 0.15) is 99.2 Å². The summed E-state index contributed by atoms with van der Waals surface area (Å²) in [7, 11) is 0. The third-order valence-electron chi connectivity index (χ3n) is 7.02. The highest BCUT2D eigenvalue weighted by Gasteiger charge is 2.32. The quantitative estimate of drug-likeness (QED) is 0.326. The molecule has 3 rings (SSSR count). The number of hydrogen-bond donors (Lipinski definition) is 1. The summed E-state index contributed by atoms with van der Waals surface area (Å²) in [6.07, 6.45) is 13.7. The van der Waals surface area contributed by atoms with Crippen LogP contribution in [0.25, 0.3) is 5.57 Å². The number of halogens is 1. The van der Waals surface area contributed by atoms with E-state index in [1.54, 1.807) is 6.07 Å². The number of nitrogens with zero attached hydrogens (tertiary/aromatic N) is 2. The first-order valence-electron chi connectivity index (χ1n) is 13.1. The maximum Gasteiger partial charge on any atom is 0.335 e. The van der Waals surface area contributed by atoms with Gasteiger partial charge in [0.1, 0.15) is 11.5 Å². The van der Waals surface area contributed by atoms with Crippen molar-refractivity contribution in [3.8, 4) is 0 Å². The highest BCUT2D eigenvalue weighted by molar-refractivity contribution is 6.29. The van der Waals surface area contributed by atoms with Gasteiger partial charge in [-0.2, -0.15) is 0 Å². The predicted molar refractivity (Wildman–Crippen MR) is 149 cm³/mol. The van der Waals surface area contributed by atoms with Gasteiger partial charge >= 0.3 is 5.97 Å². The minimum atomic E-state index is -0.880. The molecule has 2 aromatic rings. The van der Waals surface area contributed by atoms with Crippen LogP contribution >= 0.6 is 11.6 Å². The molecule has 0 amide bonds. The molecule has 2 heterocycles.